The van der Waals surface area contributed by atoms with E-state index in [-0.39, 0.29) is 0 Å². The fraction of sp³-hybridized carbons (Fsp3) is 0.125. The van der Waals surface area contributed by atoms with Crippen molar-refractivity contribution in [2.75, 3.05) is 0 Å². The molecule has 1 aromatic carbocycles. The molecule has 0 atom stereocenters. The van der Waals surface area contributed by atoms with Gasteiger partial charge in [-0.05, 0) is 6.92 Å². The number of carbonyl (C=O) groups is 1. The third-order valence-electron chi connectivity index (χ3n) is 1.63. The zero-order valence-electron chi connectivity index (χ0n) is 6.64. The highest BCUT2D eigenvalue weighted by Crippen LogP contribution is 2.24. The molecule has 2 N–H and O–H groups in total. The van der Waals surface area contributed by atoms with Crippen molar-refractivity contribution >= 4 is 5.97 Å². The molecule has 1 aromatic rings. The number of hydrogen-bond donors (Lipinski definition) is 2. The van der Waals surface area contributed by atoms with Gasteiger partial charge < -0.3 is 10.2 Å². The van der Waals surface area contributed by atoms with E-state index >= 15 is 0 Å². The number of aromatic carboxylic acids is 1. The van der Waals surface area contributed by atoms with Crippen LogP contribution in [0.1, 0.15) is 15.9 Å². The summed E-state index contributed by atoms with van der Waals surface area (Å²) >= 11 is 0. The van der Waals surface area contributed by atoms with E-state index in [0.717, 1.165) is 6.92 Å². The van der Waals surface area contributed by atoms with Crippen molar-refractivity contribution < 1.29 is 23.8 Å². The van der Waals surface area contributed by atoms with Gasteiger partial charge in [-0.1, -0.05) is 0 Å². The molecule has 13 heavy (non-hydrogen) atoms. The first-order chi connectivity index (χ1) is 5.95. The number of carboxylic acids is 1. The molecule has 0 heterocycles. The van der Waals surface area contributed by atoms with E-state index in [0.29, 0.717) is 6.07 Å². The normalized spacial score (nSPS) is 10.1. The summed E-state index contributed by atoms with van der Waals surface area (Å²) in [5, 5.41) is 17.3. The number of carboxylic acid groups (broad SMARTS) is 1. The molecule has 0 amide bonds. The highest BCUT2D eigenvalue weighted by atomic mass is 19.1. The Morgan fingerprint density at radius 2 is 1.92 bits per heavy atom. The lowest BCUT2D eigenvalue weighted by Gasteiger charge is -2.04. The highest BCUT2D eigenvalue weighted by molar-refractivity contribution is 5.88. The highest BCUT2D eigenvalue weighted by Gasteiger charge is 2.18. The van der Waals surface area contributed by atoms with Crippen LogP contribution < -0.4 is 0 Å². The van der Waals surface area contributed by atoms with Gasteiger partial charge in [0.25, 0.3) is 0 Å². The minimum Gasteiger partial charge on any atom is -0.505 e. The zero-order chi connectivity index (χ0) is 10.2. The molecule has 0 saturated carbocycles. The molecule has 0 bridgehead atoms. The van der Waals surface area contributed by atoms with E-state index in [1.165, 1.54) is 0 Å². The standard InChI is InChI=1S/C8H6F2O3/c1-3-6(9)4(8(12)13)2-5(11)7(3)10/h2,11H,1H3,(H,12,13). The molecule has 1 rings (SSSR count). The van der Waals surface area contributed by atoms with Crippen LogP contribution in [-0.4, -0.2) is 16.2 Å². The van der Waals surface area contributed by atoms with Crippen LogP contribution in [0.3, 0.4) is 0 Å². The summed E-state index contributed by atoms with van der Waals surface area (Å²) < 4.78 is 25.7. The van der Waals surface area contributed by atoms with Crippen molar-refractivity contribution in [1.82, 2.24) is 0 Å². The van der Waals surface area contributed by atoms with Crippen LogP contribution in [0.25, 0.3) is 0 Å². The average molecular weight is 188 g/mol. The molecule has 0 radical (unpaired) electrons. The van der Waals surface area contributed by atoms with Gasteiger partial charge in [-0.2, -0.15) is 0 Å². The summed E-state index contributed by atoms with van der Waals surface area (Å²) in [5.74, 6) is -4.71. The number of benzene rings is 1. The Hall–Kier alpha value is -1.65. The molecule has 3 nitrogen and oxygen atoms in total. The molecule has 0 aliphatic carbocycles. The van der Waals surface area contributed by atoms with E-state index in [2.05, 4.69) is 0 Å². The quantitative estimate of drug-likeness (QED) is 0.704. The second kappa shape index (κ2) is 3.01. The van der Waals surface area contributed by atoms with Crippen LogP contribution in [0.4, 0.5) is 8.78 Å². The first-order valence-corrected chi connectivity index (χ1v) is 3.36. The van der Waals surface area contributed by atoms with Gasteiger partial charge in [-0.25, -0.2) is 13.6 Å². The van der Waals surface area contributed by atoms with Crippen molar-refractivity contribution in [2.45, 2.75) is 6.92 Å². The number of aromatic hydroxyl groups is 1. The van der Waals surface area contributed by atoms with Gasteiger partial charge in [-0.15, -0.1) is 0 Å². The Labute approximate surface area is 72.2 Å². The molecular weight excluding hydrogens is 182 g/mol. The van der Waals surface area contributed by atoms with Crippen LogP contribution in [0.15, 0.2) is 6.07 Å². The lowest BCUT2D eigenvalue weighted by Crippen LogP contribution is -2.04. The number of phenolic OH excluding ortho intramolecular Hbond substituents is 1. The Morgan fingerprint density at radius 1 is 1.38 bits per heavy atom. The average Bonchev–Trinajstić information content (AvgIpc) is 2.07. The largest absolute Gasteiger partial charge is 0.505 e. The minimum atomic E-state index is -1.55. The summed E-state index contributed by atoms with van der Waals surface area (Å²) in [4.78, 5) is 10.4. The van der Waals surface area contributed by atoms with Gasteiger partial charge in [-0.3, -0.25) is 0 Å². The Kier molecular flexibility index (Phi) is 2.18. The summed E-state index contributed by atoms with van der Waals surface area (Å²) in [5.41, 5.74) is -1.24. The summed E-state index contributed by atoms with van der Waals surface area (Å²) in [6, 6.07) is 0.542. The van der Waals surface area contributed by atoms with Crippen LogP contribution in [0.5, 0.6) is 5.75 Å². The Balaban J connectivity index is 3.50. The molecule has 0 unspecified atom stereocenters. The smallest absolute Gasteiger partial charge is 0.338 e. The van der Waals surface area contributed by atoms with Crippen molar-refractivity contribution in [2.24, 2.45) is 0 Å². The Morgan fingerprint density at radius 3 is 2.38 bits per heavy atom. The first kappa shape index (κ1) is 9.44. The van der Waals surface area contributed by atoms with Gasteiger partial charge >= 0.3 is 5.97 Å². The SMILES string of the molecule is Cc1c(F)c(O)cc(C(=O)O)c1F. The van der Waals surface area contributed by atoms with Gasteiger partial charge in [0.1, 0.15) is 5.82 Å². The van der Waals surface area contributed by atoms with E-state index in [4.69, 9.17) is 10.2 Å². The number of phenols is 1. The van der Waals surface area contributed by atoms with E-state index in [1.54, 1.807) is 0 Å². The zero-order valence-corrected chi connectivity index (χ0v) is 6.64. The number of hydrogen-bond acceptors (Lipinski definition) is 2. The van der Waals surface area contributed by atoms with E-state index in [1.807, 2.05) is 0 Å². The van der Waals surface area contributed by atoms with Crippen LogP contribution in [-0.2, 0) is 0 Å². The molecule has 0 fully saturated rings. The van der Waals surface area contributed by atoms with E-state index in [9.17, 15) is 13.6 Å². The van der Waals surface area contributed by atoms with Gasteiger partial charge in [0.05, 0.1) is 5.56 Å². The molecule has 0 spiro atoms. The lowest BCUT2D eigenvalue weighted by atomic mass is 10.1. The number of rotatable bonds is 1. The van der Waals surface area contributed by atoms with Gasteiger partial charge in [0.15, 0.2) is 11.6 Å². The summed E-state index contributed by atoms with van der Waals surface area (Å²) in [6.07, 6.45) is 0. The second-order valence-electron chi connectivity index (χ2n) is 2.50. The number of halogens is 2. The van der Waals surface area contributed by atoms with Crippen LogP contribution in [0, 0.1) is 18.6 Å². The molecular formula is C8H6F2O3. The second-order valence-corrected chi connectivity index (χ2v) is 2.50. The van der Waals surface area contributed by atoms with E-state index < -0.39 is 34.5 Å². The van der Waals surface area contributed by atoms with Crippen molar-refractivity contribution in [3.8, 4) is 5.75 Å². The molecule has 5 heteroatoms. The lowest BCUT2D eigenvalue weighted by molar-refractivity contribution is 0.0691. The predicted octanol–water partition coefficient (Wildman–Crippen LogP) is 1.68. The molecule has 70 valence electrons. The maximum absolute atomic E-state index is 13.0. The fourth-order valence-corrected chi connectivity index (χ4v) is 0.910. The molecule has 0 aliphatic heterocycles. The maximum atomic E-state index is 13.0. The van der Waals surface area contributed by atoms with Crippen LogP contribution >= 0.6 is 0 Å². The van der Waals surface area contributed by atoms with Gasteiger partial charge in [0.2, 0.25) is 0 Å². The molecule has 0 saturated heterocycles. The van der Waals surface area contributed by atoms with Crippen LogP contribution in [0.2, 0.25) is 0 Å². The molecule has 0 aliphatic rings. The third kappa shape index (κ3) is 1.44. The van der Waals surface area contributed by atoms with Gasteiger partial charge in [0, 0.05) is 11.6 Å². The Bertz CT molecular complexity index is 374. The monoisotopic (exact) mass is 188 g/mol. The molecule has 0 aromatic heterocycles. The minimum absolute atomic E-state index is 0.502. The maximum Gasteiger partial charge on any atom is 0.338 e. The third-order valence-corrected chi connectivity index (χ3v) is 1.63. The van der Waals surface area contributed by atoms with Crippen molar-refractivity contribution in [3.05, 3.63) is 28.8 Å². The summed E-state index contributed by atoms with van der Waals surface area (Å²) in [7, 11) is 0. The summed E-state index contributed by atoms with van der Waals surface area (Å²) in [6.45, 7) is 1.05. The first-order valence-electron chi connectivity index (χ1n) is 3.36. The fourth-order valence-electron chi connectivity index (χ4n) is 0.910. The van der Waals surface area contributed by atoms with Crippen molar-refractivity contribution in [3.63, 3.8) is 0 Å². The van der Waals surface area contributed by atoms with Crippen molar-refractivity contribution in [1.29, 1.82) is 0 Å². The predicted molar refractivity (Wildman–Crippen MR) is 39.7 cm³/mol. The topological polar surface area (TPSA) is 57.5 Å².